The standard InChI is InChI=1S/C20H33NO4/c1-2-3-4-5-10-13-16-19(21(24)25)20(23)17-14-11-8-6-7-9-12-15-18-22/h6-7,10-11,13-14,18-20,23H,2-5,8-9,12,15-17H2,1H3/b7-6-,13-10-,14-11-. The second-order valence-electron chi connectivity index (χ2n) is 6.13. The molecule has 142 valence electrons. The van der Waals surface area contributed by atoms with E-state index in [4.69, 9.17) is 0 Å². The van der Waals surface area contributed by atoms with Gasteiger partial charge in [0.05, 0.1) is 0 Å². The Bertz CT molecular complexity index is 429. The Morgan fingerprint density at radius 2 is 1.56 bits per heavy atom. The summed E-state index contributed by atoms with van der Waals surface area (Å²) < 4.78 is 0. The van der Waals surface area contributed by atoms with Gasteiger partial charge < -0.3 is 9.90 Å². The molecular formula is C20H33NO4. The molecule has 5 heteroatoms. The molecule has 0 amide bonds. The monoisotopic (exact) mass is 351 g/mol. The number of aliphatic hydroxyl groups excluding tert-OH is 1. The Balaban J connectivity index is 4.06. The number of carbonyl (C=O) groups excluding carboxylic acids is 1. The van der Waals surface area contributed by atoms with Crippen LogP contribution in [0.3, 0.4) is 0 Å². The third-order valence-corrected chi connectivity index (χ3v) is 3.91. The summed E-state index contributed by atoms with van der Waals surface area (Å²) >= 11 is 0. The summed E-state index contributed by atoms with van der Waals surface area (Å²) in [4.78, 5) is 20.9. The van der Waals surface area contributed by atoms with E-state index in [2.05, 4.69) is 6.92 Å². The van der Waals surface area contributed by atoms with Gasteiger partial charge in [-0.2, -0.15) is 0 Å². The minimum atomic E-state index is -0.969. The first-order valence-corrected chi connectivity index (χ1v) is 9.33. The third-order valence-electron chi connectivity index (χ3n) is 3.91. The van der Waals surface area contributed by atoms with Gasteiger partial charge in [0.1, 0.15) is 12.4 Å². The quantitative estimate of drug-likeness (QED) is 0.143. The van der Waals surface area contributed by atoms with Crippen LogP contribution in [0.25, 0.3) is 0 Å². The van der Waals surface area contributed by atoms with Crippen LogP contribution in [0.5, 0.6) is 0 Å². The van der Waals surface area contributed by atoms with Crippen molar-refractivity contribution in [3.8, 4) is 0 Å². The Kier molecular flexibility index (Phi) is 15.9. The highest BCUT2D eigenvalue weighted by molar-refractivity contribution is 5.49. The molecular weight excluding hydrogens is 318 g/mol. The molecule has 0 radical (unpaired) electrons. The van der Waals surface area contributed by atoms with Crippen molar-refractivity contribution in [3.63, 3.8) is 0 Å². The molecule has 0 fully saturated rings. The van der Waals surface area contributed by atoms with E-state index in [1.54, 1.807) is 6.08 Å². The first kappa shape index (κ1) is 23.2. The molecule has 0 aliphatic carbocycles. The summed E-state index contributed by atoms with van der Waals surface area (Å²) in [5.41, 5.74) is 0. The maximum atomic E-state index is 11.1. The van der Waals surface area contributed by atoms with E-state index in [1.165, 1.54) is 6.42 Å². The molecule has 1 N–H and O–H groups in total. The van der Waals surface area contributed by atoms with E-state index >= 15 is 0 Å². The van der Waals surface area contributed by atoms with E-state index in [1.807, 2.05) is 30.4 Å². The van der Waals surface area contributed by atoms with Gasteiger partial charge in [0.2, 0.25) is 6.04 Å². The zero-order valence-electron chi connectivity index (χ0n) is 15.4. The lowest BCUT2D eigenvalue weighted by molar-refractivity contribution is -0.533. The van der Waals surface area contributed by atoms with Gasteiger partial charge in [0.25, 0.3) is 0 Å². The van der Waals surface area contributed by atoms with Gasteiger partial charge in [-0.3, -0.25) is 10.1 Å². The van der Waals surface area contributed by atoms with Crippen molar-refractivity contribution in [2.24, 2.45) is 0 Å². The normalized spacial score (nSPS) is 14.5. The number of nitrogens with zero attached hydrogens (tertiary/aromatic N) is 1. The Morgan fingerprint density at radius 1 is 0.920 bits per heavy atom. The zero-order chi connectivity index (χ0) is 18.8. The fraction of sp³-hybridized carbons (Fsp3) is 0.650. The summed E-state index contributed by atoms with van der Waals surface area (Å²) in [5, 5.41) is 21.2. The van der Waals surface area contributed by atoms with Crippen LogP contribution in [0.4, 0.5) is 0 Å². The summed E-state index contributed by atoms with van der Waals surface area (Å²) in [6.07, 6.45) is 19.4. The van der Waals surface area contributed by atoms with Gasteiger partial charge in [0, 0.05) is 17.8 Å². The van der Waals surface area contributed by atoms with Crippen molar-refractivity contribution in [1.29, 1.82) is 0 Å². The minimum Gasteiger partial charge on any atom is -0.386 e. The van der Waals surface area contributed by atoms with Crippen molar-refractivity contribution in [1.82, 2.24) is 0 Å². The average molecular weight is 351 g/mol. The molecule has 25 heavy (non-hydrogen) atoms. The predicted octanol–water partition coefficient (Wildman–Crippen LogP) is 4.78. The number of carbonyl (C=O) groups is 1. The minimum absolute atomic E-state index is 0.269. The largest absolute Gasteiger partial charge is 0.386 e. The lowest BCUT2D eigenvalue weighted by Gasteiger charge is -2.12. The number of unbranched alkanes of at least 4 members (excludes halogenated alkanes) is 5. The molecule has 0 aromatic carbocycles. The smallest absolute Gasteiger partial charge is 0.242 e. The first-order valence-electron chi connectivity index (χ1n) is 9.33. The van der Waals surface area contributed by atoms with Gasteiger partial charge >= 0.3 is 0 Å². The number of hydrogen-bond donors (Lipinski definition) is 1. The second-order valence-corrected chi connectivity index (χ2v) is 6.13. The molecule has 5 nitrogen and oxygen atoms in total. The van der Waals surface area contributed by atoms with Crippen LogP contribution >= 0.6 is 0 Å². The number of aliphatic hydroxyl groups is 1. The van der Waals surface area contributed by atoms with E-state index in [-0.39, 0.29) is 17.8 Å². The highest BCUT2D eigenvalue weighted by Crippen LogP contribution is 2.10. The summed E-state index contributed by atoms with van der Waals surface area (Å²) in [6.45, 7) is 2.14. The maximum absolute atomic E-state index is 11.1. The number of allylic oxidation sites excluding steroid dienone is 4. The molecule has 0 saturated carbocycles. The van der Waals surface area contributed by atoms with Crippen LogP contribution in [-0.4, -0.2) is 28.5 Å². The highest BCUT2D eigenvalue weighted by Gasteiger charge is 2.27. The number of rotatable bonds is 16. The molecule has 0 saturated heterocycles. The maximum Gasteiger partial charge on any atom is 0.242 e. The van der Waals surface area contributed by atoms with Crippen molar-refractivity contribution in [2.45, 2.75) is 83.3 Å². The Hall–Kier alpha value is -1.75. The van der Waals surface area contributed by atoms with E-state index in [0.29, 0.717) is 6.42 Å². The molecule has 0 aromatic heterocycles. The van der Waals surface area contributed by atoms with Gasteiger partial charge in [0.15, 0.2) is 0 Å². The Labute approximate surface area is 151 Å². The van der Waals surface area contributed by atoms with Crippen LogP contribution in [0.15, 0.2) is 36.5 Å². The van der Waals surface area contributed by atoms with Crippen LogP contribution in [0, 0.1) is 10.1 Å². The van der Waals surface area contributed by atoms with Crippen LogP contribution in [-0.2, 0) is 4.79 Å². The summed E-state index contributed by atoms with van der Waals surface area (Å²) in [6, 6.07) is -0.953. The molecule has 0 rings (SSSR count). The van der Waals surface area contributed by atoms with E-state index in [9.17, 15) is 20.0 Å². The molecule has 2 unspecified atom stereocenters. The number of nitro groups is 1. The molecule has 0 spiro atoms. The van der Waals surface area contributed by atoms with Gasteiger partial charge in [-0.25, -0.2) is 0 Å². The molecule has 0 aromatic rings. The summed E-state index contributed by atoms with van der Waals surface area (Å²) in [5.74, 6) is 0. The Morgan fingerprint density at radius 3 is 2.24 bits per heavy atom. The van der Waals surface area contributed by atoms with E-state index < -0.39 is 12.1 Å². The van der Waals surface area contributed by atoms with Crippen molar-refractivity contribution in [2.75, 3.05) is 0 Å². The zero-order valence-corrected chi connectivity index (χ0v) is 15.4. The van der Waals surface area contributed by atoms with Gasteiger partial charge in [-0.05, 0) is 38.5 Å². The summed E-state index contributed by atoms with van der Waals surface area (Å²) in [7, 11) is 0. The third kappa shape index (κ3) is 14.3. The highest BCUT2D eigenvalue weighted by atomic mass is 16.6. The fourth-order valence-corrected chi connectivity index (χ4v) is 2.35. The van der Waals surface area contributed by atoms with Crippen molar-refractivity contribution < 1.29 is 14.8 Å². The lowest BCUT2D eigenvalue weighted by atomic mass is 10.0. The number of hydrogen-bond acceptors (Lipinski definition) is 4. The van der Waals surface area contributed by atoms with Gasteiger partial charge in [-0.15, -0.1) is 0 Å². The fourth-order valence-electron chi connectivity index (χ4n) is 2.35. The number of aldehydes is 1. The van der Waals surface area contributed by atoms with Crippen LogP contribution in [0.2, 0.25) is 0 Å². The van der Waals surface area contributed by atoms with Crippen molar-refractivity contribution >= 4 is 6.29 Å². The molecule has 0 heterocycles. The van der Waals surface area contributed by atoms with Crippen LogP contribution < -0.4 is 0 Å². The second kappa shape index (κ2) is 17.1. The molecule has 0 aliphatic rings. The lowest BCUT2D eigenvalue weighted by Crippen LogP contribution is -2.32. The molecule has 2 atom stereocenters. The molecule has 0 bridgehead atoms. The van der Waals surface area contributed by atoms with E-state index in [0.717, 1.165) is 44.8 Å². The van der Waals surface area contributed by atoms with Crippen molar-refractivity contribution in [3.05, 3.63) is 46.6 Å². The predicted molar refractivity (Wildman–Crippen MR) is 102 cm³/mol. The van der Waals surface area contributed by atoms with Crippen LogP contribution in [0.1, 0.15) is 71.1 Å². The topological polar surface area (TPSA) is 80.4 Å². The first-order chi connectivity index (χ1) is 12.1. The van der Waals surface area contributed by atoms with Gasteiger partial charge in [-0.1, -0.05) is 56.2 Å². The average Bonchev–Trinajstić information content (AvgIpc) is 2.59. The molecule has 0 aliphatic heterocycles. The SMILES string of the molecule is CCCCC/C=C\CC(C(O)C/C=C\C/C=C\CCCC=O)[N+](=O)[O-].